The van der Waals surface area contributed by atoms with Gasteiger partial charge in [0.1, 0.15) is 0 Å². The van der Waals surface area contributed by atoms with Gasteiger partial charge < -0.3 is 14.8 Å². The van der Waals surface area contributed by atoms with E-state index in [1.54, 1.807) is 0 Å². The number of hydrogen-bond donors (Lipinski definition) is 1. The fraction of sp³-hybridized carbons (Fsp3) is 1.00. The van der Waals surface area contributed by atoms with Crippen molar-refractivity contribution in [2.75, 3.05) is 40.0 Å². The normalized spacial score (nSPS) is 23.2. The van der Waals surface area contributed by atoms with Crippen molar-refractivity contribution in [2.24, 2.45) is 5.92 Å². The maximum atomic E-state index is 5.50. The van der Waals surface area contributed by atoms with Crippen LogP contribution in [0.4, 0.5) is 0 Å². The second kappa shape index (κ2) is 6.40. The molecule has 1 unspecified atom stereocenters. The summed E-state index contributed by atoms with van der Waals surface area (Å²) in [5, 5.41) is 3.09. The van der Waals surface area contributed by atoms with Gasteiger partial charge >= 0.3 is 0 Å². The van der Waals surface area contributed by atoms with Gasteiger partial charge in [-0.25, -0.2) is 0 Å². The quantitative estimate of drug-likeness (QED) is 0.598. The highest BCUT2D eigenvalue weighted by atomic mass is 16.5. The Hall–Kier alpha value is -0.120. The standard InChI is InChI=1S/C9H19NO2/c1-10-4-2-5-11-7-9-3-6-12-8-9/h9-10H,2-8H2,1H3. The lowest BCUT2D eigenvalue weighted by atomic mass is 10.1. The van der Waals surface area contributed by atoms with Gasteiger partial charge in [-0.15, -0.1) is 0 Å². The van der Waals surface area contributed by atoms with Crippen LogP contribution in [0.5, 0.6) is 0 Å². The van der Waals surface area contributed by atoms with Crippen LogP contribution in [0.15, 0.2) is 0 Å². The van der Waals surface area contributed by atoms with Gasteiger partial charge in [-0.1, -0.05) is 0 Å². The summed E-state index contributed by atoms with van der Waals surface area (Å²) in [6.07, 6.45) is 2.27. The van der Waals surface area contributed by atoms with E-state index in [4.69, 9.17) is 9.47 Å². The molecule has 0 spiro atoms. The van der Waals surface area contributed by atoms with Crippen molar-refractivity contribution in [3.05, 3.63) is 0 Å². The molecule has 0 aromatic carbocycles. The van der Waals surface area contributed by atoms with Gasteiger partial charge in [0.2, 0.25) is 0 Å². The molecule has 0 amide bonds. The van der Waals surface area contributed by atoms with Crippen LogP contribution in [-0.4, -0.2) is 40.0 Å². The minimum Gasteiger partial charge on any atom is -0.381 e. The lowest BCUT2D eigenvalue weighted by Gasteiger charge is -2.07. The van der Waals surface area contributed by atoms with Gasteiger partial charge in [-0.2, -0.15) is 0 Å². The van der Waals surface area contributed by atoms with Crippen LogP contribution in [-0.2, 0) is 9.47 Å². The SMILES string of the molecule is CNCCCOCC1CCOC1. The number of rotatable bonds is 6. The average Bonchev–Trinajstić information content (AvgIpc) is 2.57. The molecule has 0 bridgehead atoms. The Bertz CT molecular complexity index is 103. The van der Waals surface area contributed by atoms with Crippen molar-refractivity contribution in [2.45, 2.75) is 12.8 Å². The molecule has 1 rings (SSSR count). The molecule has 0 aromatic heterocycles. The first-order valence-electron chi connectivity index (χ1n) is 4.73. The third-order valence-electron chi connectivity index (χ3n) is 2.09. The molecule has 0 aliphatic carbocycles. The molecule has 12 heavy (non-hydrogen) atoms. The summed E-state index contributed by atoms with van der Waals surface area (Å²) in [5.41, 5.74) is 0. The minimum absolute atomic E-state index is 0.652. The van der Waals surface area contributed by atoms with Gasteiger partial charge in [-0.3, -0.25) is 0 Å². The van der Waals surface area contributed by atoms with Crippen molar-refractivity contribution >= 4 is 0 Å². The predicted octanol–water partition coefficient (Wildman–Crippen LogP) is 0.649. The molecule has 1 atom stereocenters. The van der Waals surface area contributed by atoms with E-state index in [2.05, 4.69) is 5.32 Å². The highest BCUT2D eigenvalue weighted by Gasteiger charge is 2.14. The smallest absolute Gasteiger partial charge is 0.0517 e. The van der Waals surface area contributed by atoms with Crippen LogP contribution in [0.2, 0.25) is 0 Å². The van der Waals surface area contributed by atoms with E-state index in [0.29, 0.717) is 5.92 Å². The molecular weight excluding hydrogens is 154 g/mol. The molecule has 1 fully saturated rings. The van der Waals surface area contributed by atoms with Gasteiger partial charge in [0.25, 0.3) is 0 Å². The van der Waals surface area contributed by atoms with E-state index in [9.17, 15) is 0 Å². The van der Waals surface area contributed by atoms with E-state index in [0.717, 1.165) is 39.4 Å². The molecule has 1 aliphatic heterocycles. The van der Waals surface area contributed by atoms with Crippen molar-refractivity contribution in [3.63, 3.8) is 0 Å². The van der Waals surface area contributed by atoms with E-state index < -0.39 is 0 Å². The lowest BCUT2D eigenvalue weighted by molar-refractivity contribution is 0.0885. The first-order chi connectivity index (χ1) is 5.93. The van der Waals surface area contributed by atoms with Gasteiger partial charge in [-0.05, 0) is 26.4 Å². The Morgan fingerprint density at radius 2 is 2.50 bits per heavy atom. The number of nitrogens with one attached hydrogen (secondary N) is 1. The maximum Gasteiger partial charge on any atom is 0.0517 e. The zero-order valence-corrected chi connectivity index (χ0v) is 7.84. The first kappa shape index (κ1) is 9.96. The minimum atomic E-state index is 0.652. The summed E-state index contributed by atoms with van der Waals surface area (Å²) in [7, 11) is 1.96. The van der Waals surface area contributed by atoms with Crippen LogP contribution >= 0.6 is 0 Å². The fourth-order valence-electron chi connectivity index (χ4n) is 1.32. The molecule has 1 aliphatic rings. The summed E-state index contributed by atoms with van der Waals surface area (Å²) < 4.78 is 10.7. The van der Waals surface area contributed by atoms with Gasteiger partial charge in [0, 0.05) is 19.1 Å². The second-order valence-electron chi connectivity index (χ2n) is 3.26. The Labute approximate surface area is 74.4 Å². The molecule has 72 valence electrons. The lowest BCUT2D eigenvalue weighted by Crippen LogP contribution is -2.14. The third-order valence-corrected chi connectivity index (χ3v) is 2.09. The predicted molar refractivity (Wildman–Crippen MR) is 48.3 cm³/mol. The summed E-state index contributed by atoms with van der Waals surface area (Å²) in [5.74, 6) is 0.652. The van der Waals surface area contributed by atoms with E-state index in [-0.39, 0.29) is 0 Å². The number of ether oxygens (including phenoxy) is 2. The molecule has 0 aromatic rings. The Morgan fingerprint density at radius 1 is 1.58 bits per heavy atom. The van der Waals surface area contributed by atoms with Crippen molar-refractivity contribution in [1.29, 1.82) is 0 Å². The average molecular weight is 173 g/mol. The van der Waals surface area contributed by atoms with E-state index in [1.807, 2.05) is 7.05 Å². The summed E-state index contributed by atoms with van der Waals surface area (Å²) >= 11 is 0. The highest BCUT2D eigenvalue weighted by molar-refractivity contribution is 4.62. The molecule has 3 heteroatoms. The highest BCUT2D eigenvalue weighted by Crippen LogP contribution is 2.11. The fourth-order valence-corrected chi connectivity index (χ4v) is 1.32. The molecule has 1 saturated heterocycles. The molecule has 3 nitrogen and oxygen atoms in total. The van der Waals surface area contributed by atoms with Crippen LogP contribution in [0, 0.1) is 5.92 Å². The molecule has 1 heterocycles. The van der Waals surface area contributed by atoms with E-state index in [1.165, 1.54) is 6.42 Å². The Kier molecular flexibility index (Phi) is 5.32. The summed E-state index contributed by atoms with van der Waals surface area (Å²) in [4.78, 5) is 0. The molecule has 0 radical (unpaired) electrons. The first-order valence-corrected chi connectivity index (χ1v) is 4.73. The Balaban J connectivity index is 1.81. The van der Waals surface area contributed by atoms with Crippen molar-refractivity contribution in [1.82, 2.24) is 5.32 Å². The monoisotopic (exact) mass is 173 g/mol. The van der Waals surface area contributed by atoms with E-state index >= 15 is 0 Å². The molecule has 0 saturated carbocycles. The van der Waals surface area contributed by atoms with Gasteiger partial charge in [0.15, 0.2) is 0 Å². The third kappa shape index (κ3) is 4.04. The summed E-state index contributed by atoms with van der Waals surface area (Å²) in [6, 6.07) is 0. The van der Waals surface area contributed by atoms with Crippen LogP contribution in [0.1, 0.15) is 12.8 Å². The summed E-state index contributed by atoms with van der Waals surface area (Å²) in [6.45, 7) is 4.61. The maximum absolute atomic E-state index is 5.50. The van der Waals surface area contributed by atoms with Crippen LogP contribution in [0.3, 0.4) is 0 Å². The van der Waals surface area contributed by atoms with Crippen LogP contribution in [0.25, 0.3) is 0 Å². The Morgan fingerprint density at radius 3 is 3.17 bits per heavy atom. The van der Waals surface area contributed by atoms with Crippen molar-refractivity contribution < 1.29 is 9.47 Å². The molecule has 1 N–H and O–H groups in total. The number of hydrogen-bond acceptors (Lipinski definition) is 3. The van der Waals surface area contributed by atoms with Crippen molar-refractivity contribution in [3.8, 4) is 0 Å². The topological polar surface area (TPSA) is 30.5 Å². The van der Waals surface area contributed by atoms with Gasteiger partial charge in [0.05, 0.1) is 13.2 Å². The zero-order valence-electron chi connectivity index (χ0n) is 7.84. The van der Waals surface area contributed by atoms with Crippen LogP contribution < -0.4 is 5.32 Å². The zero-order chi connectivity index (χ0) is 8.65. The molecular formula is C9H19NO2. The second-order valence-corrected chi connectivity index (χ2v) is 3.26. The largest absolute Gasteiger partial charge is 0.381 e.